The zero-order chi connectivity index (χ0) is 19.2. The number of thioether (sulfide) groups is 1. The molecule has 0 saturated carbocycles. The number of carbonyl (C=O) groups is 2. The van der Waals surface area contributed by atoms with Crippen molar-refractivity contribution in [3.8, 4) is 0 Å². The minimum absolute atomic E-state index is 0.212. The van der Waals surface area contributed by atoms with Crippen molar-refractivity contribution >= 4 is 43.4 Å². The van der Waals surface area contributed by atoms with E-state index in [2.05, 4.69) is 10.1 Å². The van der Waals surface area contributed by atoms with Crippen molar-refractivity contribution in [2.24, 2.45) is 0 Å². The fraction of sp³-hybridized carbons (Fsp3) is 0.529. The quantitative estimate of drug-likeness (QED) is 0.395. The summed E-state index contributed by atoms with van der Waals surface area (Å²) in [7, 11) is 3.17. The van der Waals surface area contributed by atoms with Gasteiger partial charge in [0.25, 0.3) is 5.91 Å². The molecule has 1 fully saturated rings. The molecule has 26 heavy (non-hydrogen) atoms. The lowest BCUT2D eigenvalue weighted by Crippen LogP contribution is -2.47. The number of hydrogen-bond donors (Lipinski definition) is 1. The molecule has 1 aliphatic rings. The first-order chi connectivity index (χ1) is 12.3. The molecule has 0 aliphatic carbocycles. The van der Waals surface area contributed by atoms with Gasteiger partial charge in [-0.05, 0) is 25.0 Å². The highest BCUT2D eigenvalue weighted by atomic mass is 35.7. The molecule has 0 bridgehead atoms. The van der Waals surface area contributed by atoms with Gasteiger partial charge in [-0.1, -0.05) is 24.6 Å². The van der Waals surface area contributed by atoms with Crippen molar-refractivity contribution in [1.29, 1.82) is 0 Å². The number of amides is 1. The molecular formula is C17H22ClNO5S2. The van der Waals surface area contributed by atoms with Gasteiger partial charge in [-0.2, -0.15) is 11.8 Å². The summed E-state index contributed by atoms with van der Waals surface area (Å²) in [6, 6.07) is 8.10. The molecule has 144 valence electrons. The van der Waals surface area contributed by atoms with Crippen LogP contribution in [0.3, 0.4) is 0 Å². The van der Waals surface area contributed by atoms with E-state index in [0.29, 0.717) is 37.0 Å². The number of benzene rings is 1. The number of carbonyl (C=O) groups excluding carboxylic acids is 2. The third-order valence-electron chi connectivity index (χ3n) is 4.28. The summed E-state index contributed by atoms with van der Waals surface area (Å²) in [6.45, 7) is 0. The lowest BCUT2D eigenvalue weighted by molar-refractivity contribution is -0.140. The number of rotatable bonds is 8. The van der Waals surface area contributed by atoms with Gasteiger partial charge in [-0.15, -0.1) is 0 Å². The van der Waals surface area contributed by atoms with Gasteiger partial charge in [0.15, 0.2) is 0 Å². The van der Waals surface area contributed by atoms with Crippen LogP contribution in [0.25, 0.3) is 0 Å². The molecule has 1 heterocycles. The minimum Gasteiger partial charge on any atom is -0.469 e. The number of nitrogens with one attached hydrogen (secondary N) is 1. The molecule has 1 aromatic carbocycles. The van der Waals surface area contributed by atoms with Crippen molar-refractivity contribution < 1.29 is 22.7 Å². The molecule has 1 saturated heterocycles. The largest absolute Gasteiger partial charge is 0.469 e. The first-order valence-electron chi connectivity index (χ1n) is 8.30. The van der Waals surface area contributed by atoms with E-state index in [1.165, 1.54) is 18.9 Å². The van der Waals surface area contributed by atoms with Crippen LogP contribution >= 0.6 is 22.4 Å². The molecule has 0 radical (unpaired) electrons. The van der Waals surface area contributed by atoms with Crippen LogP contribution in [-0.2, 0) is 18.6 Å². The average molecular weight is 420 g/mol. The number of ether oxygens (including phenoxy) is 1. The Morgan fingerprint density at radius 2 is 1.96 bits per heavy atom. The fourth-order valence-corrected chi connectivity index (χ4v) is 7.22. The number of methoxy groups -OCH3 is 1. The molecule has 6 nitrogen and oxygen atoms in total. The first kappa shape index (κ1) is 21.1. The second-order valence-electron chi connectivity index (χ2n) is 6.08. The number of esters is 1. The van der Waals surface area contributed by atoms with E-state index < -0.39 is 20.3 Å². The topological polar surface area (TPSA) is 89.5 Å². The molecule has 0 spiro atoms. The molecule has 0 aromatic heterocycles. The summed E-state index contributed by atoms with van der Waals surface area (Å²) in [4.78, 5) is 23.5. The first-order valence-corrected chi connectivity index (χ1v) is 11.7. The van der Waals surface area contributed by atoms with E-state index in [1.807, 2.05) is 0 Å². The summed E-state index contributed by atoms with van der Waals surface area (Å²) in [5, 5.41) is 1.74. The average Bonchev–Trinajstić information content (AvgIpc) is 3.02. The van der Waals surface area contributed by atoms with Gasteiger partial charge in [0, 0.05) is 33.7 Å². The van der Waals surface area contributed by atoms with Crippen molar-refractivity contribution in [2.75, 3.05) is 12.9 Å². The summed E-state index contributed by atoms with van der Waals surface area (Å²) in [5.74, 6) is -0.108. The van der Waals surface area contributed by atoms with Gasteiger partial charge in [0.2, 0.25) is 9.05 Å². The fourth-order valence-electron chi connectivity index (χ4n) is 2.98. The second-order valence-corrected chi connectivity index (χ2v) is 10.1. The predicted molar refractivity (Wildman–Crippen MR) is 103 cm³/mol. The van der Waals surface area contributed by atoms with Crippen LogP contribution in [-0.4, -0.2) is 49.7 Å². The Bertz CT molecular complexity index is 726. The Hall–Kier alpha value is -1.25. The van der Waals surface area contributed by atoms with Crippen LogP contribution in [0.15, 0.2) is 30.3 Å². The standard InChI is InChI=1S/C17H22ClNO5S2/c1-24-15(20)10-6-5-9-14-16(26(18,22)23)13(11-25-14)19-17(21)12-7-3-2-4-8-12/h2-4,7-8,13-14,16H,5-6,9-11H2,1H3,(H,19,21)/t13?,14-,16-/m0/s1. The normalized spacial score (nSPS) is 22.8. The monoisotopic (exact) mass is 419 g/mol. The summed E-state index contributed by atoms with van der Waals surface area (Å²) in [6.07, 6.45) is 2.23. The zero-order valence-corrected chi connectivity index (χ0v) is 16.8. The van der Waals surface area contributed by atoms with Gasteiger partial charge >= 0.3 is 5.97 Å². The van der Waals surface area contributed by atoms with Crippen LogP contribution in [0.2, 0.25) is 0 Å². The van der Waals surface area contributed by atoms with Crippen molar-refractivity contribution in [3.63, 3.8) is 0 Å². The molecule has 2 rings (SSSR count). The van der Waals surface area contributed by atoms with E-state index in [9.17, 15) is 18.0 Å². The van der Waals surface area contributed by atoms with E-state index in [1.54, 1.807) is 30.3 Å². The number of hydrogen-bond acceptors (Lipinski definition) is 6. The van der Waals surface area contributed by atoms with Gasteiger partial charge < -0.3 is 10.1 Å². The molecule has 9 heteroatoms. The maximum absolute atomic E-state index is 12.3. The third-order valence-corrected chi connectivity index (χ3v) is 7.88. The second kappa shape index (κ2) is 9.62. The van der Waals surface area contributed by atoms with E-state index in [-0.39, 0.29) is 17.1 Å². The Balaban J connectivity index is 1.97. The summed E-state index contributed by atoms with van der Waals surface area (Å²) < 4.78 is 28.8. The molecule has 1 aromatic rings. The Morgan fingerprint density at radius 3 is 2.58 bits per heavy atom. The molecule has 3 atom stereocenters. The predicted octanol–water partition coefficient (Wildman–Crippen LogP) is 2.57. The highest BCUT2D eigenvalue weighted by molar-refractivity contribution is 8.15. The van der Waals surface area contributed by atoms with Crippen LogP contribution in [0.4, 0.5) is 0 Å². The summed E-state index contributed by atoms with van der Waals surface area (Å²) >= 11 is 1.49. The summed E-state index contributed by atoms with van der Waals surface area (Å²) in [5.41, 5.74) is 0.477. The van der Waals surface area contributed by atoms with Crippen molar-refractivity contribution in [2.45, 2.75) is 42.2 Å². The lowest BCUT2D eigenvalue weighted by atomic mass is 10.1. The van der Waals surface area contributed by atoms with Crippen molar-refractivity contribution in [1.82, 2.24) is 5.32 Å². The van der Waals surface area contributed by atoms with Gasteiger partial charge in [-0.3, -0.25) is 9.59 Å². The highest BCUT2D eigenvalue weighted by Crippen LogP contribution is 2.37. The molecule has 1 unspecified atom stereocenters. The SMILES string of the molecule is COC(=O)CCCC[C@@H]1SCC(NC(=O)c2ccccc2)[C@@H]1S(=O)(=O)Cl. The van der Waals surface area contributed by atoms with Crippen molar-refractivity contribution in [3.05, 3.63) is 35.9 Å². The minimum atomic E-state index is -3.84. The van der Waals surface area contributed by atoms with Crippen LogP contribution < -0.4 is 5.32 Å². The van der Waals surface area contributed by atoms with Gasteiger partial charge in [0.1, 0.15) is 5.25 Å². The van der Waals surface area contributed by atoms with E-state index >= 15 is 0 Å². The van der Waals surface area contributed by atoms with Gasteiger partial charge in [-0.25, -0.2) is 8.42 Å². The molecular weight excluding hydrogens is 398 g/mol. The highest BCUT2D eigenvalue weighted by Gasteiger charge is 2.45. The Kier molecular flexibility index (Phi) is 7.79. The number of halogens is 1. The maximum Gasteiger partial charge on any atom is 0.305 e. The van der Waals surface area contributed by atoms with Crippen LogP contribution in [0.1, 0.15) is 36.0 Å². The Morgan fingerprint density at radius 1 is 1.27 bits per heavy atom. The molecule has 1 aliphatic heterocycles. The molecule has 1 N–H and O–H groups in total. The van der Waals surface area contributed by atoms with Crippen LogP contribution in [0, 0.1) is 0 Å². The number of unbranched alkanes of at least 4 members (excludes halogenated alkanes) is 1. The van der Waals surface area contributed by atoms with E-state index in [0.717, 1.165) is 0 Å². The van der Waals surface area contributed by atoms with Gasteiger partial charge in [0.05, 0.1) is 13.2 Å². The zero-order valence-electron chi connectivity index (χ0n) is 14.4. The maximum atomic E-state index is 12.3. The third kappa shape index (κ3) is 5.89. The molecule has 1 amide bonds. The smallest absolute Gasteiger partial charge is 0.305 e. The lowest BCUT2D eigenvalue weighted by Gasteiger charge is -2.22. The van der Waals surface area contributed by atoms with E-state index in [4.69, 9.17) is 10.7 Å². The Labute approximate surface area is 162 Å². The van der Waals surface area contributed by atoms with Crippen LogP contribution in [0.5, 0.6) is 0 Å².